The third kappa shape index (κ3) is 10.4. The van der Waals surface area contributed by atoms with Crippen LogP contribution < -0.4 is 15.4 Å². The van der Waals surface area contributed by atoms with Gasteiger partial charge in [0.05, 0.1) is 29.7 Å². The number of nitrogens with zero attached hydrogens (tertiary/aromatic N) is 1. The average Bonchev–Trinajstić information content (AvgIpc) is 2.99. The zero-order valence-corrected chi connectivity index (χ0v) is 28.3. The topological polar surface area (TPSA) is 172 Å². The van der Waals surface area contributed by atoms with Crippen molar-refractivity contribution >= 4 is 42.6 Å². The number of sulfonamides is 1. The van der Waals surface area contributed by atoms with Gasteiger partial charge in [-0.2, -0.15) is 0 Å². The smallest absolute Gasteiger partial charge is 0.251 e. The molecule has 4 aromatic rings. The van der Waals surface area contributed by atoms with E-state index in [4.69, 9.17) is 0 Å². The summed E-state index contributed by atoms with van der Waals surface area (Å²) in [7, 11) is -8.32. The summed E-state index contributed by atoms with van der Waals surface area (Å²) in [6.07, 6.45) is -0.325. The highest BCUT2D eigenvalue weighted by Crippen LogP contribution is 2.19. The summed E-state index contributed by atoms with van der Waals surface area (Å²) in [5, 5.41) is 17.5. The van der Waals surface area contributed by atoms with Gasteiger partial charge in [-0.15, -0.1) is 0 Å². The number of sulfone groups is 1. The highest BCUT2D eigenvalue weighted by Gasteiger charge is 2.33. The quantitative estimate of drug-likeness (QED) is 0.167. The lowest BCUT2D eigenvalue weighted by atomic mass is 9.93. The van der Waals surface area contributed by atoms with Gasteiger partial charge in [-0.3, -0.25) is 9.59 Å². The summed E-state index contributed by atoms with van der Waals surface area (Å²) in [6, 6.07) is 22.9. The second-order valence-corrected chi connectivity index (χ2v) is 16.3. The Morgan fingerprint density at radius 1 is 0.830 bits per heavy atom. The van der Waals surface area contributed by atoms with Crippen LogP contribution in [0.4, 0.5) is 0 Å². The Morgan fingerprint density at radius 3 is 2.15 bits per heavy atom. The second kappa shape index (κ2) is 14.7. The van der Waals surface area contributed by atoms with Gasteiger partial charge in [-0.1, -0.05) is 66.7 Å². The van der Waals surface area contributed by atoms with Crippen LogP contribution in [0, 0.1) is 0 Å². The van der Waals surface area contributed by atoms with Gasteiger partial charge in [0.2, 0.25) is 15.9 Å². The Morgan fingerprint density at radius 2 is 1.47 bits per heavy atom. The summed E-state index contributed by atoms with van der Waals surface area (Å²) in [6.45, 7) is 5.56. The van der Waals surface area contributed by atoms with E-state index in [0.29, 0.717) is 22.0 Å². The Kier molecular flexibility index (Phi) is 11.2. The molecule has 1 unspecified atom stereocenters. The molecule has 4 rings (SSSR count). The molecular formula is C34H40N4O7S2. The van der Waals surface area contributed by atoms with E-state index in [1.165, 1.54) is 6.07 Å². The monoisotopic (exact) mass is 680 g/mol. The maximum atomic E-state index is 13.7. The number of benzene rings is 3. The summed E-state index contributed by atoms with van der Waals surface area (Å²) >= 11 is 0. The number of para-hydroxylation sites is 1. The fourth-order valence-electron chi connectivity index (χ4n) is 5.08. The zero-order chi connectivity index (χ0) is 34.4. The van der Waals surface area contributed by atoms with Gasteiger partial charge in [0.15, 0.2) is 14.9 Å². The van der Waals surface area contributed by atoms with Crippen LogP contribution in [-0.2, 0) is 37.5 Å². The predicted molar refractivity (Wildman–Crippen MR) is 181 cm³/mol. The van der Waals surface area contributed by atoms with E-state index >= 15 is 0 Å². The number of aliphatic hydroxyl groups excluding tert-OH is 1. The Hall–Kier alpha value is -4.17. The number of carbonyl (C=O) groups excluding carboxylic acids is 2. The molecule has 250 valence electrons. The number of amides is 2. The van der Waals surface area contributed by atoms with Gasteiger partial charge in [0, 0.05) is 22.9 Å². The maximum absolute atomic E-state index is 13.7. The van der Waals surface area contributed by atoms with E-state index < -0.39 is 55.2 Å². The molecule has 0 aliphatic heterocycles. The second-order valence-electron chi connectivity index (χ2n) is 12.5. The first kappa shape index (κ1) is 35.7. The molecule has 0 spiro atoms. The van der Waals surface area contributed by atoms with E-state index in [1.807, 2.05) is 26.8 Å². The van der Waals surface area contributed by atoms with Crippen LogP contribution >= 0.6 is 0 Å². The molecule has 13 heteroatoms. The minimum Gasteiger partial charge on any atom is -0.391 e. The van der Waals surface area contributed by atoms with Crippen molar-refractivity contribution in [2.45, 2.75) is 62.4 Å². The van der Waals surface area contributed by atoms with Crippen molar-refractivity contribution in [3.05, 3.63) is 108 Å². The van der Waals surface area contributed by atoms with Crippen LogP contribution in [0.5, 0.6) is 0 Å². The van der Waals surface area contributed by atoms with Crippen molar-refractivity contribution in [2.75, 3.05) is 12.0 Å². The first-order valence-electron chi connectivity index (χ1n) is 15.0. The molecule has 3 atom stereocenters. The molecule has 0 fully saturated rings. The van der Waals surface area contributed by atoms with Gasteiger partial charge in [-0.05, 0) is 62.6 Å². The largest absolute Gasteiger partial charge is 0.391 e. The van der Waals surface area contributed by atoms with Crippen molar-refractivity contribution in [3.8, 4) is 0 Å². The lowest BCUT2D eigenvalue weighted by Gasteiger charge is -2.28. The standard InChI is InChI=1S/C34H40N4O7S2/c1-34(2,3)37-32(40)26-16-10-8-15-25(26)21-30(39)28(20-23-12-6-5-7-13-23)36-33(41)29(38-46(4,42)43)22-47(44,45)31-19-18-24-14-9-11-17-27(24)35-31/h5-19,28-30,38-39H,20-22H2,1-4H3,(H,36,41)(H,37,40)/t28-,29?,30+/m0/s1. The Bertz CT molecular complexity index is 1940. The first-order valence-corrected chi connectivity index (χ1v) is 18.5. The molecule has 3 aromatic carbocycles. The van der Waals surface area contributed by atoms with Crippen molar-refractivity contribution in [2.24, 2.45) is 0 Å². The molecule has 1 heterocycles. The van der Waals surface area contributed by atoms with E-state index in [0.717, 1.165) is 11.8 Å². The zero-order valence-electron chi connectivity index (χ0n) is 26.7. The molecule has 0 radical (unpaired) electrons. The predicted octanol–water partition coefficient (Wildman–Crippen LogP) is 2.79. The van der Waals surface area contributed by atoms with E-state index in [-0.39, 0.29) is 23.8 Å². The van der Waals surface area contributed by atoms with Gasteiger partial charge in [-0.25, -0.2) is 26.5 Å². The van der Waals surface area contributed by atoms with E-state index in [9.17, 15) is 31.5 Å². The molecule has 0 saturated carbocycles. The number of fused-ring (bicyclic) bond motifs is 1. The molecular weight excluding hydrogens is 641 g/mol. The molecule has 2 amide bonds. The Labute approximate surface area is 275 Å². The molecule has 0 bridgehead atoms. The number of aliphatic hydroxyl groups is 1. The fraction of sp³-hybridized carbons (Fsp3) is 0.324. The molecule has 0 aliphatic rings. The number of carbonyl (C=O) groups is 2. The number of aromatic nitrogens is 1. The summed E-state index contributed by atoms with van der Waals surface area (Å²) < 4.78 is 53.7. The highest BCUT2D eigenvalue weighted by molar-refractivity contribution is 7.91. The van der Waals surface area contributed by atoms with Gasteiger partial charge >= 0.3 is 0 Å². The number of pyridine rings is 1. The van der Waals surface area contributed by atoms with Crippen molar-refractivity contribution < 1.29 is 31.5 Å². The Balaban J connectivity index is 1.62. The van der Waals surface area contributed by atoms with Crippen LogP contribution in [0.25, 0.3) is 10.9 Å². The summed E-state index contributed by atoms with van der Waals surface area (Å²) in [4.78, 5) is 31.0. The van der Waals surface area contributed by atoms with Crippen molar-refractivity contribution in [3.63, 3.8) is 0 Å². The van der Waals surface area contributed by atoms with Gasteiger partial charge in [0.25, 0.3) is 5.91 Å². The number of hydrogen-bond acceptors (Lipinski definition) is 8. The van der Waals surface area contributed by atoms with E-state index in [1.54, 1.807) is 78.9 Å². The van der Waals surface area contributed by atoms with Crippen LogP contribution in [0.15, 0.2) is 96.0 Å². The third-order valence-electron chi connectivity index (χ3n) is 7.22. The van der Waals surface area contributed by atoms with E-state index in [2.05, 4.69) is 20.3 Å². The van der Waals surface area contributed by atoms with Crippen molar-refractivity contribution in [1.82, 2.24) is 20.3 Å². The molecule has 1 aromatic heterocycles. The molecule has 11 nitrogen and oxygen atoms in total. The number of rotatable bonds is 13. The van der Waals surface area contributed by atoms with Crippen LogP contribution in [-0.4, -0.2) is 74.5 Å². The third-order valence-corrected chi connectivity index (χ3v) is 9.57. The highest BCUT2D eigenvalue weighted by atomic mass is 32.2. The molecule has 4 N–H and O–H groups in total. The molecule has 47 heavy (non-hydrogen) atoms. The van der Waals surface area contributed by atoms with Crippen LogP contribution in [0.1, 0.15) is 42.3 Å². The lowest BCUT2D eigenvalue weighted by molar-refractivity contribution is -0.123. The minimum absolute atomic E-state index is 0.0327. The number of hydrogen-bond donors (Lipinski definition) is 4. The SMILES string of the molecule is CC(C)(C)NC(=O)c1ccccc1C[C@@H](O)[C@H](Cc1ccccc1)NC(=O)C(CS(=O)(=O)c1ccc2ccccc2n1)NS(C)(=O)=O. The van der Waals surface area contributed by atoms with Crippen LogP contribution in [0.3, 0.4) is 0 Å². The normalized spacial score (nSPS) is 14.2. The molecule has 0 aliphatic carbocycles. The lowest BCUT2D eigenvalue weighted by Crippen LogP contribution is -2.55. The summed E-state index contributed by atoms with van der Waals surface area (Å²) in [5.41, 5.74) is 1.57. The minimum atomic E-state index is -4.27. The fourth-order valence-corrected chi connectivity index (χ4v) is 7.25. The molecule has 0 saturated heterocycles. The number of nitrogens with one attached hydrogen (secondary N) is 3. The van der Waals surface area contributed by atoms with Crippen LogP contribution in [0.2, 0.25) is 0 Å². The maximum Gasteiger partial charge on any atom is 0.251 e. The summed E-state index contributed by atoms with van der Waals surface area (Å²) in [5.74, 6) is -2.19. The first-order chi connectivity index (χ1) is 22.0. The van der Waals surface area contributed by atoms with Gasteiger partial charge in [0.1, 0.15) is 6.04 Å². The van der Waals surface area contributed by atoms with Gasteiger partial charge < -0.3 is 15.7 Å². The average molecular weight is 681 g/mol. The van der Waals surface area contributed by atoms with Crippen molar-refractivity contribution in [1.29, 1.82) is 0 Å².